The molecule has 0 unspecified atom stereocenters. The molecular formula is C14H21N3O. The van der Waals surface area contributed by atoms with Gasteiger partial charge in [-0.2, -0.15) is 0 Å². The van der Waals surface area contributed by atoms with Gasteiger partial charge in [-0.15, -0.1) is 0 Å². The zero-order chi connectivity index (χ0) is 13.3. The molecule has 2 rings (SSSR count). The number of nitrogens with zero attached hydrogens (tertiary/aromatic N) is 1. The third-order valence-corrected chi connectivity index (χ3v) is 3.17. The second-order valence-corrected chi connectivity index (χ2v) is 5.42. The largest absolute Gasteiger partial charge is 0.397 e. The van der Waals surface area contributed by atoms with E-state index in [2.05, 4.69) is 18.7 Å². The van der Waals surface area contributed by atoms with E-state index in [4.69, 9.17) is 11.5 Å². The molecule has 1 fully saturated rings. The van der Waals surface area contributed by atoms with Crippen LogP contribution in [0, 0.1) is 5.92 Å². The average Bonchev–Trinajstić information content (AvgIpc) is 3.10. The van der Waals surface area contributed by atoms with Gasteiger partial charge in [-0.05, 0) is 37.0 Å². The number of anilines is 2. The molecule has 0 aliphatic heterocycles. The van der Waals surface area contributed by atoms with Crippen LogP contribution >= 0.6 is 0 Å². The van der Waals surface area contributed by atoms with Crippen molar-refractivity contribution in [1.29, 1.82) is 0 Å². The highest BCUT2D eigenvalue weighted by Gasteiger charge is 2.30. The monoisotopic (exact) mass is 247 g/mol. The van der Waals surface area contributed by atoms with Crippen molar-refractivity contribution in [2.24, 2.45) is 11.7 Å². The van der Waals surface area contributed by atoms with E-state index in [1.54, 1.807) is 12.1 Å². The summed E-state index contributed by atoms with van der Waals surface area (Å²) >= 11 is 0. The standard InChI is InChI=1S/C14H21N3O/c1-9(2)8-17(11-4-5-11)13-7-10(14(16)18)3-6-12(13)15/h3,6-7,9,11H,4-5,8,15H2,1-2H3,(H2,16,18). The Kier molecular flexibility index (Phi) is 3.45. The molecule has 98 valence electrons. The molecule has 4 heteroatoms. The first-order valence-electron chi connectivity index (χ1n) is 6.45. The number of hydrogen-bond donors (Lipinski definition) is 2. The smallest absolute Gasteiger partial charge is 0.248 e. The van der Waals surface area contributed by atoms with Crippen LogP contribution in [-0.4, -0.2) is 18.5 Å². The van der Waals surface area contributed by atoms with E-state index in [0.29, 0.717) is 23.2 Å². The number of amides is 1. The minimum Gasteiger partial charge on any atom is -0.397 e. The van der Waals surface area contributed by atoms with E-state index in [-0.39, 0.29) is 0 Å². The van der Waals surface area contributed by atoms with Crippen molar-refractivity contribution in [3.05, 3.63) is 23.8 Å². The molecule has 18 heavy (non-hydrogen) atoms. The number of nitrogens with two attached hydrogens (primary N) is 2. The summed E-state index contributed by atoms with van der Waals surface area (Å²) in [5, 5.41) is 0. The number of hydrogen-bond acceptors (Lipinski definition) is 3. The zero-order valence-corrected chi connectivity index (χ0v) is 11.0. The summed E-state index contributed by atoms with van der Waals surface area (Å²) in [7, 11) is 0. The Morgan fingerprint density at radius 2 is 2.11 bits per heavy atom. The lowest BCUT2D eigenvalue weighted by molar-refractivity contribution is 0.100. The van der Waals surface area contributed by atoms with Crippen molar-refractivity contribution in [2.45, 2.75) is 32.7 Å². The van der Waals surface area contributed by atoms with Crippen LogP contribution in [0.5, 0.6) is 0 Å². The summed E-state index contributed by atoms with van der Waals surface area (Å²) in [6, 6.07) is 5.84. The molecule has 4 nitrogen and oxygen atoms in total. The molecular weight excluding hydrogens is 226 g/mol. The van der Waals surface area contributed by atoms with Gasteiger partial charge in [0.05, 0.1) is 11.4 Å². The van der Waals surface area contributed by atoms with E-state index in [9.17, 15) is 4.79 Å². The lowest BCUT2D eigenvalue weighted by Crippen LogP contribution is -2.30. The second-order valence-electron chi connectivity index (χ2n) is 5.42. The van der Waals surface area contributed by atoms with Crippen LogP contribution in [0.3, 0.4) is 0 Å². The van der Waals surface area contributed by atoms with Crippen molar-refractivity contribution >= 4 is 17.3 Å². The van der Waals surface area contributed by atoms with Gasteiger partial charge in [-0.25, -0.2) is 0 Å². The molecule has 0 radical (unpaired) electrons. The molecule has 0 atom stereocenters. The van der Waals surface area contributed by atoms with Gasteiger partial charge >= 0.3 is 0 Å². The lowest BCUT2D eigenvalue weighted by atomic mass is 10.1. The molecule has 4 N–H and O–H groups in total. The first kappa shape index (κ1) is 12.7. The summed E-state index contributed by atoms with van der Waals surface area (Å²) in [4.78, 5) is 13.6. The van der Waals surface area contributed by atoms with Crippen LogP contribution in [0.4, 0.5) is 11.4 Å². The van der Waals surface area contributed by atoms with Crippen LogP contribution in [0.2, 0.25) is 0 Å². The SMILES string of the molecule is CC(C)CN(c1cc(C(N)=O)ccc1N)C1CC1. The van der Waals surface area contributed by atoms with Crippen molar-refractivity contribution < 1.29 is 4.79 Å². The molecule has 0 heterocycles. The minimum atomic E-state index is -0.406. The van der Waals surface area contributed by atoms with E-state index in [1.807, 2.05) is 6.07 Å². The Morgan fingerprint density at radius 3 is 2.61 bits per heavy atom. The van der Waals surface area contributed by atoms with E-state index in [1.165, 1.54) is 12.8 Å². The number of primary amides is 1. The number of nitrogen functional groups attached to an aromatic ring is 1. The van der Waals surface area contributed by atoms with Crippen molar-refractivity contribution in [1.82, 2.24) is 0 Å². The van der Waals surface area contributed by atoms with Crippen LogP contribution < -0.4 is 16.4 Å². The fourth-order valence-corrected chi connectivity index (χ4v) is 2.17. The molecule has 0 bridgehead atoms. The average molecular weight is 247 g/mol. The van der Waals surface area contributed by atoms with Crippen LogP contribution in [0.25, 0.3) is 0 Å². The van der Waals surface area contributed by atoms with Gasteiger partial charge in [0.1, 0.15) is 0 Å². The van der Waals surface area contributed by atoms with E-state index in [0.717, 1.165) is 12.2 Å². The number of carbonyl (C=O) groups excluding carboxylic acids is 1. The zero-order valence-electron chi connectivity index (χ0n) is 11.0. The topological polar surface area (TPSA) is 72.3 Å². The van der Waals surface area contributed by atoms with Crippen LogP contribution in [0.1, 0.15) is 37.0 Å². The molecule has 1 aliphatic carbocycles. The predicted molar refractivity (Wildman–Crippen MR) is 74.6 cm³/mol. The Bertz CT molecular complexity index is 452. The van der Waals surface area contributed by atoms with Crippen LogP contribution in [0.15, 0.2) is 18.2 Å². The summed E-state index contributed by atoms with van der Waals surface area (Å²) in [6.45, 7) is 5.32. The first-order valence-corrected chi connectivity index (χ1v) is 6.45. The van der Waals surface area contributed by atoms with Gasteiger partial charge in [0.2, 0.25) is 5.91 Å². The fourth-order valence-electron chi connectivity index (χ4n) is 2.17. The summed E-state index contributed by atoms with van der Waals surface area (Å²) < 4.78 is 0. The predicted octanol–water partition coefficient (Wildman–Crippen LogP) is 1.99. The summed E-state index contributed by atoms with van der Waals surface area (Å²) in [5.74, 6) is 0.152. The lowest BCUT2D eigenvalue weighted by Gasteiger charge is -2.28. The Labute approximate surface area is 108 Å². The van der Waals surface area contributed by atoms with Gasteiger partial charge in [-0.3, -0.25) is 4.79 Å². The maximum absolute atomic E-state index is 11.3. The molecule has 1 aromatic rings. The molecule has 1 aliphatic rings. The van der Waals surface area contributed by atoms with Crippen molar-refractivity contribution in [3.8, 4) is 0 Å². The van der Waals surface area contributed by atoms with Crippen LogP contribution in [-0.2, 0) is 0 Å². The molecule has 0 aromatic heterocycles. The Hall–Kier alpha value is -1.71. The van der Waals surface area contributed by atoms with Gasteiger partial charge in [-0.1, -0.05) is 13.8 Å². The highest BCUT2D eigenvalue weighted by atomic mass is 16.1. The third-order valence-electron chi connectivity index (χ3n) is 3.17. The third kappa shape index (κ3) is 2.75. The van der Waals surface area contributed by atoms with Gasteiger partial charge in [0, 0.05) is 18.2 Å². The van der Waals surface area contributed by atoms with E-state index < -0.39 is 5.91 Å². The van der Waals surface area contributed by atoms with Gasteiger partial charge < -0.3 is 16.4 Å². The minimum absolute atomic E-state index is 0.406. The second kappa shape index (κ2) is 4.88. The summed E-state index contributed by atoms with van der Waals surface area (Å²) in [5.41, 5.74) is 13.5. The number of carbonyl (C=O) groups is 1. The molecule has 1 saturated carbocycles. The Balaban J connectivity index is 2.33. The molecule has 0 spiro atoms. The number of rotatable bonds is 5. The molecule has 1 aromatic carbocycles. The summed E-state index contributed by atoms with van der Waals surface area (Å²) in [6.07, 6.45) is 2.40. The van der Waals surface area contributed by atoms with Gasteiger partial charge in [0.15, 0.2) is 0 Å². The van der Waals surface area contributed by atoms with Crippen molar-refractivity contribution in [3.63, 3.8) is 0 Å². The molecule has 1 amide bonds. The quantitative estimate of drug-likeness (QED) is 0.782. The van der Waals surface area contributed by atoms with E-state index >= 15 is 0 Å². The highest BCUT2D eigenvalue weighted by molar-refractivity contribution is 5.95. The first-order chi connectivity index (χ1) is 8.49. The fraction of sp³-hybridized carbons (Fsp3) is 0.500. The van der Waals surface area contributed by atoms with Crippen molar-refractivity contribution in [2.75, 3.05) is 17.2 Å². The maximum Gasteiger partial charge on any atom is 0.248 e. The van der Waals surface area contributed by atoms with Gasteiger partial charge in [0.25, 0.3) is 0 Å². The highest BCUT2D eigenvalue weighted by Crippen LogP contribution is 2.35. The molecule has 0 saturated heterocycles. The normalized spacial score (nSPS) is 14.8. The maximum atomic E-state index is 11.3. The number of benzene rings is 1. The Morgan fingerprint density at radius 1 is 1.44 bits per heavy atom.